The fourth-order valence-corrected chi connectivity index (χ4v) is 4.55. The number of carbonyl (C=O) groups excluding carboxylic acids is 2. The van der Waals surface area contributed by atoms with Crippen molar-refractivity contribution in [1.29, 1.82) is 0 Å². The quantitative estimate of drug-likeness (QED) is 0.676. The van der Waals surface area contributed by atoms with Gasteiger partial charge >= 0.3 is 0 Å². The highest BCUT2D eigenvalue weighted by Crippen LogP contribution is 2.14. The molecule has 2 amide bonds. The molecular formula is C27H34N4O2. The molecular weight excluding hydrogens is 412 g/mol. The van der Waals surface area contributed by atoms with Crippen LogP contribution in [0, 0.1) is 0 Å². The van der Waals surface area contributed by atoms with E-state index in [4.69, 9.17) is 0 Å². The molecule has 2 aliphatic rings. The van der Waals surface area contributed by atoms with E-state index >= 15 is 0 Å². The van der Waals surface area contributed by atoms with Crippen LogP contribution in [0.4, 0.5) is 0 Å². The molecule has 1 atom stereocenters. The summed E-state index contributed by atoms with van der Waals surface area (Å²) in [5.74, 6) is 0.0635. The first-order valence-electron chi connectivity index (χ1n) is 12.0. The van der Waals surface area contributed by atoms with Crippen LogP contribution in [0.15, 0.2) is 66.7 Å². The SMILES string of the molecule is O=C1NCCN(CCc2ccccc2)[C@H]1CC(=O)N1CCN(C/C=C/c2ccccc2)CC1. The molecule has 0 bridgehead atoms. The van der Waals surface area contributed by atoms with Crippen molar-refractivity contribution in [3.8, 4) is 0 Å². The van der Waals surface area contributed by atoms with Crippen LogP contribution < -0.4 is 5.32 Å². The summed E-state index contributed by atoms with van der Waals surface area (Å²) >= 11 is 0. The third kappa shape index (κ3) is 6.76. The van der Waals surface area contributed by atoms with Gasteiger partial charge in [0.25, 0.3) is 0 Å². The number of nitrogens with zero attached hydrogens (tertiary/aromatic N) is 3. The van der Waals surface area contributed by atoms with E-state index < -0.39 is 0 Å². The predicted molar refractivity (Wildman–Crippen MR) is 132 cm³/mol. The lowest BCUT2D eigenvalue weighted by atomic mass is 10.1. The summed E-state index contributed by atoms with van der Waals surface area (Å²) in [4.78, 5) is 32.1. The first-order valence-corrected chi connectivity index (χ1v) is 12.0. The number of carbonyl (C=O) groups is 2. The van der Waals surface area contributed by atoms with Crippen LogP contribution in [-0.2, 0) is 16.0 Å². The van der Waals surface area contributed by atoms with E-state index in [1.54, 1.807) is 0 Å². The summed E-state index contributed by atoms with van der Waals surface area (Å²) in [6.07, 6.45) is 5.47. The average Bonchev–Trinajstić information content (AvgIpc) is 2.86. The molecule has 4 rings (SSSR count). The zero-order valence-corrected chi connectivity index (χ0v) is 19.2. The predicted octanol–water partition coefficient (Wildman–Crippen LogP) is 2.28. The van der Waals surface area contributed by atoms with Crippen LogP contribution in [0.3, 0.4) is 0 Å². The second-order valence-electron chi connectivity index (χ2n) is 8.78. The number of nitrogens with one attached hydrogen (secondary N) is 1. The molecule has 2 saturated heterocycles. The Morgan fingerprint density at radius 3 is 2.36 bits per heavy atom. The molecule has 2 aliphatic heterocycles. The van der Waals surface area contributed by atoms with Gasteiger partial charge in [0.05, 0.1) is 12.5 Å². The lowest BCUT2D eigenvalue weighted by molar-refractivity contribution is -0.139. The summed E-state index contributed by atoms with van der Waals surface area (Å²) in [6, 6.07) is 20.2. The Morgan fingerprint density at radius 2 is 1.64 bits per heavy atom. The van der Waals surface area contributed by atoms with E-state index in [2.05, 4.69) is 51.5 Å². The van der Waals surface area contributed by atoms with Gasteiger partial charge in [0.1, 0.15) is 0 Å². The van der Waals surface area contributed by atoms with Crippen molar-refractivity contribution in [2.24, 2.45) is 0 Å². The second kappa shape index (κ2) is 11.8. The minimum absolute atomic E-state index is 0.0210. The Kier molecular flexibility index (Phi) is 8.28. The standard InChI is InChI=1S/C27H34N4O2/c32-26(31-20-18-29(19-21-31)15-7-12-23-8-3-1-4-9-23)22-25-27(33)28-14-17-30(25)16-13-24-10-5-2-6-11-24/h1-12,25H,13-22H2,(H,28,33)/b12-7+/t25-/m0/s1. The highest BCUT2D eigenvalue weighted by atomic mass is 16.2. The summed E-state index contributed by atoms with van der Waals surface area (Å²) in [5.41, 5.74) is 2.46. The smallest absolute Gasteiger partial charge is 0.237 e. The van der Waals surface area contributed by atoms with Crippen molar-refractivity contribution < 1.29 is 9.59 Å². The Balaban J connectivity index is 1.24. The molecule has 2 aromatic carbocycles. The monoisotopic (exact) mass is 446 g/mol. The number of piperazine rings is 2. The lowest BCUT2D eigenvalue weighted by Gasteiger charge is -2.38. The molecule has 0 unspecified atom stereocenters. The molecule has 6 nitrogen and oxygen atoms in total. The average molecular weight is 447 g/mol. The number of rotatable bonds is 8. The van der Waals surface area contributed by atoms with Crippen molar-refractivity contribution in [2.45, 2.75) is 18.9 Å². The normalized spacial score (nSPS) is 20.2. The van der Waals surface area contributed by atoms with E-state index in [1.807, 2.05) is 41.3 Å². The van der Waals surface area contributed by atoms with Gasteiger partial charge in [0.2, 0.25) is 11.8 Å². The van der Waals surface area contributed by atoms with E-state index in [1.165, 1.54) is 11.1 Å². The van der Waals surface area contributed by atoms with Crippen molar-refractivity contribution >= 4 is 17.9 Å². The Hall–Kier alpha value is -2.96. The fourth-order valence-electron chi connectivity index (χ4n) is 4.55. The van der Waals surface area contributed by atoms with Crippen LogP contribution >= 0.6 is 0 Å². The molecule has 0 radical (unpaired) electrons. The molecule has 2 aromatic rings. The number of hydrogen-bond donors (Lipinski definition) is 1. The Labute approximate surface area is 196 Å². The Morgan fingerprint density at radius 1 is 0.939 bits per heavy atom. The van der Waals surface area contributed by atoms with E-state index in [-0.39, 0.29) is 24.3 Å². The molecule has 6 heteroatoms. The van der Waals surface area contributed by atoms with Crippen LogP contribution in [0.25, 0.3) is 6.08 Å². The van der Waals surface area contributed by atoms with Gasteiger partial charge in [-0.1, -0.05) is 72.8 Å². The zero-order valence-electron chi connectivity index (χ0n) is 19.2. The van der Waals surface area contributed by atoms with E-state index in [0.717, 1.165) is 52.2 Å². The number of amides is 2. The zero-order chi connectivity index (χ0) is 22.9. The molecule has 33 heavy (non-hydrogen) atoms. The maximum atomic E-state index is 13.0. The number of hydrogen-bond acceptors (Lipinski definition) is 4. The summed E-state index contributed by atoms with van der Waals surface area (Å²) in [6.45, 7) is 6.27. The van der Waals surface area contributed by atoms with Crippen LogP contribution in [0.5, 0.6) is 0 Å². The minimum Gasteiger partial charge on any atom is -0.353 e. The van der Waals surface area contributed by atoms with Crippen LogP contribution in [-0.4, -0.2) is 84.9 Å². The van der Waals surface area contributed by atoms with Gasteiger partial charge in [-0.3, -0.25) is 19.4 Å². The molecule has 0 aromatic heterocycles. The van der Waals surface area contributed by atoms with Gasteiger partial charge in [-0.05, 0) is 17.5 Å². The van der Waals surface area contributed by atoms with Crippen LogP contribution in [0.2, 0.25) is 0 Å². The molecule has 2 fully saturated rings. The first kappa shape index (κ1) is 23.2. The highest BCUT2D eigenvalue weighted by Gasteiger charge is 2.33. The van der Waals surface area contributed by atoms with E-state index in [9.17, 15) is 9.59 Å². The number of benzene rings is 2. The maximum Gasteiger partial charge on any atom is 0.237 e. The minimum atomic E-state index is -0.373. The molecule has 2 heterocycles. The van der Waals surface area contributed by atoms with Crippen LogP contribution in [0.1, 0.15) is 17.5 Å². The van der Waals surface area contributed by atoms with Gasteiger partial charge < -0.3 is 10.2 Å². The van der Waals surface area contributed by atoms with Gasteiger partial charge in [-0.15, -0.1) is 0 Å². The van der Waals surface area contributed by atoms with E-state index in [0.29, 0.717) is 6.54 Å². The van der Waals surface area contributed by atoms with Gasteiger partial charge in [-0.2, -0.15) is 0 Å². The maximum absolute atomic E-state index is 13.0. The highest BCUT2D eigenvalue weighted by molar-refractivity contribution is 5.88. The van der Waals surface area contributed by atoms with Gasteiger partial charge in [0.15, 0.2) is 0 Å². The topological polar surface area (TPSA) is 55.9 Å². The lowest BCUT2D eigenvalue weighted by Crippen LogP contribution is -2.58. The van der Waals surface area contributed by atoms with Crippen molar-refractivity contribution in [3.05, 3.63) is 77.9 Å². The largest absolute Gasteiger partial charge is 0.353 e. The van der Waals surface area contributed by atoms with Crippen molar-refractivity contribution in [3.63, 3.8) is 0 Å². The molecule has 174 valence electrons. The molecule has 0 spiro atoms. The Bertz CT molecular complexity index is 924. The van der Waals surface area contributed by atoms with Gasteiger partial charge in [-0.25, -0.2) is 0 Å². The third-order valence-electron chi connectivity index (χ3n) is 6.54. The molecule has 0 aliphatic carbocycles. The second-order valence-corrected chi connectivity index (χ2v) is 8.78. The van der Waals surface area contributed by atoms with Crippen molar-refractivity contribution in [2.75, 3.05) is 52.4 Å². The summed E-state index contributed by atoms with van der Waals surface area (Å²) < 4.78 is 0. The fraction of sp³-hybridized carbons (Fsp3) is 0.407. The summed E-state index contributed by atoms with van der Waals surface area (Å²) in [5, 5.41) is 2.95. The molecule has 0 saturated carbocycles. The molecule has 1 N–H and O–H groups in total. The van der Waals surface area contributed by atoms with Gasteiger partial charge in [0, 0.05) is 52.4 Å². The third-order valence-corrected chi connectivity index (χ3v) is 6.54. The first-order chi connectivity index (χ1) is 16.2. The summed E-state index contributed by atoms with van der Waals surface area (Å²) in [7, 11) is 0. The van der Waals surface area contributed by atoms with Crippen molar-refractivity contribution in [1.82, 2.24) is 20.0 Å².